The lowest BCUT2D eigenvalue weighted by Gasteiger charge is -2.08. The van der Waals surface area contributed by atoms with Crippen LogP contribution in [0.25, 0.3) is 0 Å². The van der Waals surface area contributed by atoms with Crippen molar-refractivity contribution in [2.24, 2.45) is 0 Å². The third-order valence-electron chi connectivity index (χ3n) is 3.27. The molecule has 0 atom stereocenters. The summed E-state index contributed by atoms with van der Waals surface area (Å²) in [5.74, 6) is -2.25. The number of phenolic OH excluding ortho intramolecular Hbond substituents is 1. The molecule has 0 amide bonds. The number of aromatic hydroxyl groups is 1. The molecule has 2 aromatic rings. The van der Waals surface area contributed by atoms with Crippen LogP contribution in [-0.4, -0.2) is 30.6 Å². The summed E-state index contributed by atoms with van der Waals surface area (Å²) in [7, 11) is 1.32. The zero-order chi connectivity index (χ0) is 17.0. The number of carbonyl (C=O) groups is 2. The van der Waals surface area contributed by atoms with Crippen LogP contribution < -0.4 is 4.74 Å². The molecule has 0 aromatic heterocycles. The van der Waals surface area contributed by atoms with Crippen LogP contribution in [0.4, 0.5) is 4.39 Å². The number of methoxy groups -OCH3 is 1. The van der Waals surface area contributed by atoms with Gasteiger partial charge in [0.2, 0.25) is 0 Å². The molecule has 2 aromatic carbocycles. The van der Waals surface area contributed by atoms with E-state index in [1.807, 2.05) is 0 Å². The van der Waals surface area contributed by atoms with Crippen molar-refractivity contribution in [2.75, 3.05) is 13.7 Å². The van der Waals surface area contributed by atoms with Gasteiger partial charge in [0.25, 0.3) is 0 Å². The molecule has 0 fully saturated rings. The van der Waals surface area contributed by atoms with Gasteiger partial charge in [0.15, 0.2) is 24.0 Å². The zero-order valence-corrected chi connectivity index (χ0v) is 12.6. The van der Waals surface area contributed by atoms with Crippen LogP contribution in [0.5, 0.6) is 11.5 Å². The van der Waals surface area contributed by atoms with Crippen molar-refractivity contribution in [1.82, 2.24) is 0 Å². The Labute approximate surface area is 132 Å². The third-order valence-corrected chi connectivity index (χ3v) is 3.27. The molecule has 0 unspecified atom stereocenters. The van der Waals surface area contributed by atoms with Crippen LogP contribution in [0.15, 0.2) is 36.4 Å². The smallest absolute Gasteiger partial charge is 0.342 e. The quantitative estimate of drug-likeness (QED) is 0.678. The lowest BCUT2D eigenvalue weighted by Crippen LogP contribution is -2.14. The van der Waals surface area contributed by atoms with Crippen LogP contribution in [0.2, 0.25) is 0 Å². The molecule has 0 aliphatic rings. The molecule has 0 heterocycles. The van der Waals surface area contributed by atoms with Crippen molar-refractivity contribution in [2.45, 2.75) is 6.92 Å². The zero-order valence-electron chi connectivity index (χ0n) is 12.6. The van der Waals surface area contributed by atoms with Crippen molar-refractivity contribution in [3.05, 3.63) is 58.9 Å². The van der Waals surface area contributed by atoms with Crippen molar-refractivity contribution < 1.29 is 28.6 Å². The fourth-order valence-corrected chi connectivity index (χ4v) is 1.96. The summed E-state index contributed by atoms with van der Waals surface area (Å²) in [6.07, 6.45) is 0. The molecule has 6 heteroatoms. The van der Waals surface area contributed by atoms with E-state index in [9.17, 15) is 19.1 Å². The van der Waals surface area contributed by atoms with E-state index in [1.165, 1.54) is 25.3 Å². The second-order valence-electron chi connectivity index (χ2n) is 4.82. The van der Waals surface area contributed by atoms with Gasteiger partial charge in [-0.25, -0.2) is 9.18 Å². The lowest BCUT2D eigenvalue weighted by molar-refractivity contribution is 0.0471. The van der Waals surface area contributed by atoms with Crippen LogP contribution in [0.1, 0.15) is 26.3 Å². The molecule has 23 heavy (non-hydrogen) atoms. The van der Waals surface area contributed by atoms with Gasteiger partial charge in [0.05, 0.1) is 7.11 Å². The Bertz CT molecular complexity index is 755. The molecule has 0 saturated carbocycles. The van der Waals surface area contributed by atoms with Gasteiger partial charge in [0, 0.05) is 5.56 Å². The van der Waals surface area contributed by atoms with Crippen molar-refractivity contribution in [3.8, 4) is 11.5 Å². The summed E-state index contributed by atoms with van der Waals surface area (Å²) < 4.78 is 23.2. The van der Waals surface area contributed by atoms with Crippen LogP contribution >= 0.6 is 0 Å². The molecule has 5 nitrogen and oxygen atoms in total. The molecule has 0 bridgehead atoms. The summed E-state index contributed by atoms with van der Waals surface area (Å²) in [6.45, 7) is 1.08. The maximum Gasteiger partial charge on any atom is 0.342 e. The minimum atomic E-state index is -0.825. The van der Waals surface area contributed by atoms with Gasteiger partial charge in [0.1, 0.15) is 11.3 Å². The first-order valence-corrected chi connectivity index (χ1v) is 6.76. The minimum absolute atomic E-state index is 0.0169. The molecular weight excluding hydrogens is 303 g/mol. The second-order valence-corrected chi connectivity index (χ2v) is 4.82. The third kappa shape index (κ3) is 3.66. The van der Waals surface area contributed by atoms with Crippen LogP contribution in [-0.2, 0) is 4.74 Å². The Morgan fingerprint density at radius 3 is 2.61 bits per heavy atom. The number of aryl methyl sites for hydroxylation is 1. The summed E-state index contributed by atoms with van der Waals surface area (Å²) >= 11 is 0. The number of rotatable bonds is 5. The number of esters is 1. The van der Waals surface area contributed by atoms with Crippen LogP contribution in [0.3, 0.4) is 0 Å². The monoisotopic (exact) mass is 318 g/mol. The van der Waals surface area contributed by atoms with E-state index in [2.05, 4.69) is 0 Å². The normalized spacial score (nSPS) is 10.2. The largest absolute Gasteiger partial charge is 0.507 e. The summed E-state index contributed by atoms with van der Waals surface area (Å²) in [4.78, 5) is 23.8. The molecule has 0 aliphatic heterocycles. The van der Waals surface area contributed by atoms with E-state index < -0.39 is 24.2 Å². The van der Waals surface area contributed by atoms with Gasteiger partial charge < -0.3 is 14.6 Å². The number of carbonyl (C=O) groups excluding carboxylic acids is 2. The standard InChI is InChI=1S/C17H15FO5/c1-10-4-3-5-12(16(10)20)17(21)23-9-14(19)11-6-7-15(22-2)13(18)8-11/h3-8,20H,9H2,1-2H3. The first-order chi connectivity index (χ1) is 10.9. The van der Waals surface area contributed by atoms with E-state index in [0.717, 1.165) is 6.07 Å². The number of halogens is 1. The summed E-state index contributed by atoms with van der Waals surface area (Å²) in [5.41, 5.74) is 0.547. The Morgan fingerprint density at radius 1 is 1.22 bits per heavy atom. The highest BCUT2D eigenvalue weighted by Crippen LogP contribution is 2.22. The average Bonchev–Trinajstić information content (AvgIpc) is 2.54. The van der Waals surface area contributed by atoms with E-state index >= 15 is 0 Å². The number of Topliss-reactive ketones (excluding diaryl/α,β-unsaturated/α-hetero) is 1. The van der Waals surface area contributed by atoms with Crippen molar-refractivity contribution >= 4 is 11.8 Å². The molecule has 0 radical (unpaired) electrons. The minimum Gasteiger partial charge on any atom is -0.507 e. The number of para-hydroxylation sites is 1. The van der Waals surface area contributed by atoms with E-state index in [4.69, 9.17) is 9.47 Å². The Morgan fingerprint density at radius 2 is 1.96 bits per heavy atom. The maximum absolute atomic E-state index is 13.6. The highest BCUT2D eigenvalue weighted by atomic mass is 19.1. The molecule has 120 valence electrons. The Kier molecular flexibility index (Phi) is 4.95. The first kappa shape index (κ1) is 16.5. The predicted octanol–water partition coefficient (Wildman–Crippen LogP) is 2.89. The number of ketones is 1. The van der Waals surface area contributed by atoms with Gasteiger partial charge >= 0.3 is 5.97 Å². The first-order valence-electron chi connectivity index (χ1n) is 6.76. The SMILES string of the molecule is COc1ccc(C(=O)COC(=O)c2cccc(C)c2O)cc1F. The highest BCUT2D eigenvalue weighted by molar-refractivity contribution is 6.00. The van der Waals surface area contributed by atoms with Gasteiger partial charge in [-0.1, -0.05) is 12.1 Å². The van der Waals surface area contributed by atoms with E-state index in [0.29, 0.717) is 5.56 Å². The fraction of sp³-hybridized carbons (Fsp3) is 0.176. The maximum atomic E-state index is 13.6. The molecule has 2 rings (SSSR count). The Hall–Kier alpha value is -2.89. The van der Waals surface area contributed by atoms with E-state index in [1.54, 1.807) is 19.1 Å². The fourth-order valence-electron chi connectivity index (χ4n) is 1.96. The van der Waals surface area contributed by atoms with Crippen molar-refractivity contribution in [3.63, 3.8) is 0 Å². The molecule has 0 aliphatic carbocycles. The Balaban J connectivity index is 2.05. The number of hydrogen-bond acceptors (Lipinski definition) is 5. The number of ether oxygens (including phenoxy) is 2. The number of phenols is 1. The van der Waals surface area contributed by atoms with Gasteiger partial charge in [-0.15, -0.1) is 0 Å². The molecular formula is C17H15FO5. The van der Waals surface area contributed by atoms with Gasteiger partial charge in [-0.2, -0.15) is 0 Å². The lowest BCUT2D eigenvalue weighted by atomic mass is 10.1. The van der Waals surface area contributed by atoms with Gasteiger partial charge in [-0.05, 0) is 36.8 Å². The molecule has 0 saturated heterocycles. The number of hydrogen-bond donors (Lipinski definition) is 1. The number of benzene rings is 2. The van der Waals surface area contributed by atoms with E-state index in [-0.39, 0.29) is 22.6 Å². The highest BCUT2D eigenvalue weighted by Gasteiger charge is 2.17. The predicted molar refractivity (Wildman–Crippen MR) is 80.4 cm³/mol. The van der Waals surface area contributed by atoms with Crippen molar-refractivity contribution in [1.29, 1.82) is 0 Å². The average molecular weight is 318 g/mol. The van der Waals surface area contributed by atoms with Crippen LogP contribution in [0, 0.1) is 12.7 Å². The summed E-state index contributed by atoms with van der Waals surface area (Å²) in [5, 5.41) is 9.80. The second kappa shape index (κ2) is 6.91. The molecule has 1 N–H and O–H groups in total. The summed E-state index contributed by atoms with van der Waals surface area (Å²) in [6, 6.07) is 8.32. The topological polar surface area (TPSA) is 72.8 Å². The van der Waals surface area contributed by atoms with Gasteiger partial charge in [-0.3, -0.25) is 4.79 Å². The molecule has 0 spiro atoms.